The molecule has 0 aliphatic rings. The fourth-order valence-electron chi connectivity index (χ4n) is 1.55. The van der Waals surface area contributed by atoms with Crippen LogP contribution in [-0.2, 0) is 6.61 Å². The van der Waals surface area contributed by atoms with Gasteiger partial charge in [-0.2, -0.15) is 0 Å². The van der Waals surface area contributed by atoms with Gasteiger partial charge in [0, 0.05) is 6.07 Å². The molecule has 1 aromatic carbocycles. The van der Waals surface area contributed by atoms with E-state index in [0.717, 1.165) is 5.69 Å². The van der Waals surface area contributed by atoms with Crippen LogP contribution in [0.3, 0.4) is 0 Å². The summed E-state index contributed by atoms with van der Waals surface area (Å²) in [5.41, 5.74) is 0.919. The van der Waals surface area contributed by atoms with Crippen molar-refractivity contribution in [1.82, 2.24) is 4.98 Å². The van der Waals surface area contributed by atoms with Gasteiger partial charge in [0.05, 0.1) is 22.8 Å². The van der Waals surface area contributed by atoms with E-state index in [1.807, 2.05) is 12.1 Å². The predicted octanol–water partition coefficient (Wildman–Crippen LogP) is 3.13. The first kappa shape index (κ1) is 14.3. The Balaban J connectivity index is 2.08. The van der Waals surface area contributed by atoms with E-state index in [1.165, 1.54) is 12.1 Å². The second-order valence-electron chi connectivity index (χ2n) is 3.91. The molecule has 0 aliphatic heterocycles. The van der Waals surface area contributed by atoms with Gasteiger partial charge in [-0.1, -0.05) is 6.07 Å². The largest absolute Gasteiger partial charge is 0.486 e. The summed E-state index contributed by atoms with van der Waals surface area (Å²) in [4.78, 5) is 15.1. The molecule has 0 spiro atoms. The van der Waals surface area contributed by atoms with Crippen molar-refractivity contribution in [2.45, 2.75) is 6.61 Å². The number of carbonyl (C=O) groups is 1. The SMILES string of the molecule is COc1cccc(COc2ccc(C(=O)O)cc2Br)n1. The molecule has 0 atom stereocenters. The van der Waals surface area contributed by atoms with Crippen molar-refractivity contribution in [1.29, 1.82) is 0 Å². The van der Waals surface area contributed by atoms with Gasteiger partial charge in [0.15, 0.2) is 0 Å². The zero-order valence-electron chi connectivity index (χ0n) is 10.7. The van der Waals surface area contributed by atoms with Crippen LogP contribution in [0, 0.1) is 0 Å². The lowest BCUT2D eigenvalue weighted by atomic mass is 10.2. The highest BCUT2D eigenvalue weighted by molar-refractivity contribution is 9.10. The fraction of sp³-hybridized carbons (Fsp3) is 0.143. The molecule has 0 bridgehead atoms. The van der Waals surface area contributed by atoms with E-state index < -0.39 is 5.97 Å². The summed E-state index contributed by atoms with van der Waals surface area (Å²) >= 11 is 3.28. The quantitative estimate of drug-likeness (QED) is 0.907. The topological polar surface area (TPSA) is 68.7 Å². The number of rotatable bonds is 5. The lowest BCUT2D eigenvalue weighted by molar-refractivity contribution is 0.0696. The Kier molecular flexibility index (Phi) is 4.57. The van der Waals surface area contributed by atoms with Crippen LogP contribution in [0.1, 0.15) is 16.1 Å². The standard InChI is InChI=1S/C14H12BrNO4/c1-19-13-4-2-3-10(16-13)8-20-12-6-5-9(14(17)18)7-11(12)15/h2-7H,8H2,1H3,(H,17,18). The Morgan fingerprint density at radius 3 is 2.80 bits per heavy atom. The molecule has 0 amide bonds. The molecular weight excluding hydrogens is 326 g/mol. The third-order valence-electron chi connectivity index (χ3n) is 2.54. The van der Waals surface area contributed by atoms with Gasteiger partial charge in [0.25, 0.3) is 0 Å². The van der Waals surface area contributed by atoms with Crippen molar-refractivity contribution in [2.24, 2.45) is 0 Å². The molecule has 5 nitrogen and oxygen atoms in total. The first-order valence-electron chi connectivity index (χ1n) is 5.75. The summed E-state index contributed by atoms with van der Waals surface area (Å²) in [7, 11) is 1.55. The highest BCUT2D eigenvalue weighted by Gasteiger charge is 2.08. The van der Waals surface area contributed by atoms with E-state index in [2.05, 4.69) is 20.9 Å². The molecule has 1 aromatic heterocycles. The Morgan fingerprint density at radius 1 is 1.35 bits per heavy atom. The van der Waals surface area contributed by atoms with Crippen LogP contribution in [0.5, 0.6) is 11.6 Å². The number of methoxy groups -OCH3 is 1. The van der Waals surface area contributed by atoms with Crippen LogP contribution >= 0.6 is 15.9 Å². The molecular formula is C14H12BrNO4. The van der Waals surface area contributed by atoms with E-state index in [-0.39, 0.29) is 12.2 Å². The highest BCUT2D eigenvalue weighted by atomic mass is 79.9. The van der Waals surface area contributed by atoms with Gasteiger partial charge in [-0.25, -0.2) is 9.78 Å². The number of halogens is 1. The number of hydrogen-bond donors (Lipinski definition) is 1. The van der Waals surface area contributed by atoms with Gasteiger partial charge in [0.1, 0.15) is 12.4 Å². The number of carboxylic acids is 1. The van der Waals surface area contributed by atoms with Crippen LogP contribution in [-0.4, -0.2) is 23.2 Å². The summed E-state index contributed by atoms with van der Waals surface area (Å²) in [6, 6.07) is 9.99. The molecule has 0 aliphatic carbocycles. The molecule has 0 fully saturated rings. The van der Waals surface area contributed by atoms with Crippen LogP contribution in [0.15, 0.2) is 40.9 Å². The van der Waals surface area contributed by atoms with E-state index in [9.17, 15) is 4.79 Å². The van der Waals surface area contributed by atoms with E-state index in [4.69, 9.17) is 14.6 Å². The van der Waals surface area contributed by atoms with Crippen molar-refractivity contribution in [2.75, 3.05) is 7.11 Å². The number of nitrogens with zero attached hydrogens (tertiary/aromatic N) is 1. The number of benzene rings is 1. The average Bonchev–Trinajstić information content (AvgIpc) is 2.46. The first-order chi connectivity index (χ1) is 9.60. The minimum Gasteiger partial charge on any atom is -0.486 e. The number of hydrogen-bond acceptors (Lipinski definition) is 4. The first-order valence-corrected chi connectivity index (χ1v) is 6.55. The summed E-state index contributed by atoms with van der Waals surface area (Å²) in [5.74, 6) is 0.0951. The molecule has 6 heteroatoms. The maximum absolute atomic E-state index is 10.8. The van der Waals surface area contributed by atoms with Gasteiger partial charge in [-0.15, -0.1) is 0 Å². The van der Waals surface area contributed by atoms with Crippen molar-refractivity contribution in [3.8, 4) is 11.6 Å². The Labute approximate surface area is 124 Å². The van der Waals surface area contributed by atoms with Gasteiger partial charge < -0.3 is 14.6 Å². The number of carboxylic acid groups (broad SMARTS) is 1. The number of ether oxygens (including phenoxy) is 2. The van der Waals surface area contributed by atoms with Crippen molar-refractivity contribution in [3.63, 3.8) is 0 Å². The van der Waals surface area contributed by atoms with Crippen LogP contribution in [0.2, 0.25) is 0 Å². The number of aromatic nitrogens is 1. The number of pyridine rings is 1. The third-order valence-corrected chi connectivity index (χ3v) is 3.16. The lowest BCUT2D eigenvalue weighted by Gasteiger charge is -2.09. The smallest absolute Gasteiger partial charge is 0.335 e. The fourth-order valence-corrected chi connectivity index (χ4v) is 2.05. The van der Waals surface area contributed by atoms with Crippen LogP contribution in [0.25, 0.3) is 0 Å². The minimum atomic E-state index is -0.980. The van der Waals surface area contributed by atoms with Crippen LogP contribution in [0.4, 0.5) is 0 Å². The van der Waals surface area contributed by atoms with Crippen molar-refractivity contribution >= 4 is 21.9 Å². The molecule has 0 saturated carbocycles. The lowest BCUT2D eigenvalue weighted by Crippen LogP contribution is -2.01. The molecule has 0 unspecified atom stereocenters. The second kappa shape index (κ2) is 6.38. The maximum atomic E-state index is 10.8. The van der Waals surface area contributed by atoms with Gasteiger partial charge >= 0.3 is 5.97 Å². The minimum absolute atomic E-state index is 0.198. The van der Waals surface area contributed by atoms with Crippen molar-refractivity contribution < 1.29 is 19.4 Å². The summed E-state index contributed by atoms with van der Waals surface area (Å²) < 4.78 is 11.2. The molecule has 104 valence electrons. The molecule has 1 heterocycles. The Hall–Kier alpha value is -2.08. The molecule has 20 heavy (non-hydrogen) atoms. The Bertz CT molecular complexity index is 630. The average molecular weight is 338 g/mol. The zero-order chi connectivity index (χ0) is 14.5. The van der Waals surface area contributed by atoms with E-state index >= 15 is 0 Å². The van der Waals surface area contributed by atoms with Gasteiger partial charge in [-0.3, -0.25) is 0 Å². The zero-order valence-corrected chi connectivity index (χ0v) is 12.3. The monoisotopic (exact) mass is 337 g/mol. The molecule has 0 radical (unpaired) electrons. The van der Waals surface area contributed by atoms with Gasteiger partial charge in [-0.05, 0) is 40.2 Å². The summed E-state index contributed by atoms with van der Waals surface area (Å²) in [6.07, 6.45) is 0. The van der Waals surface area contributed by atoms with Crippen LogP contribution < -0.4 is 9.47 Å². The van der Waals surface area contributed by atoms with E-state index in [1.54, 1.807) is 19.2 Å². The highest BCUT2D eigenvalue weighted by Crippen LogP contribution is 2.26. The normalized spacial score (nSPS) is 10.1. The molecule has 1 N–H and O–H groups in total. The summed E-state index contributed by atoms with van der Waals surface area (Å²) in [6.45, 7) is 0.266. The van der Waals surface area contributed by atoms with Gasteiger partial charge in [0.2, 0.25) is 5.88 Å². The molecule has 0 saturated heterocycles. The maximum Gasteiger partial charge on any atom is 0.335 e. The second-order valence-corrected chi connectivity index (χ2v) is 4.76. The van der Waals surface area contributed by atoms with Crippen molar-refractivity contribution in [3.05, 3.63) is 52.1 Å². The third kappa shape index (κ3) is 3.48. The van der Waals surface area contributed by atoms with E-state index in [0.29, 0.717) is 16.1 Å². The predicted molar refractivity (Wildman–Crippen MR) is 76.2 cm³/mol. The molecule has 2 aromatic rings. The summed E-state index contributed by atoms with van der Waals surface area (Å²) in [5, 5.41) is 8.88. The molecule has 2 rings (SSSR count). The Morgan fingerprint density at radius 2 is 2.15 bits per heavy atom. The number of aromatic carboxylic acids is 1.